The van der Waals surface area contributed by atoms with Crippen molar-refractivity contribution in [2.45, 2.75) is 11.3 Å². The second kappa shape index (κ2) is 6.57. The summed E-state index contributed by atoms with van der Waals surface area (Å²) in [6.45, 7) is 1.76. The third-order valence-corrected chi connectivity index (χ3v) is 2.38. The predicted molar refractivity (Wildman–Crippen MR) is 71.9 cm³/mol. The lowest BCUT2D eigenvalue weighted by Gasteiger charge is -2.12. The molecule has 84 valence electrons. The predicted octanol–water partition coefficient (Wildman–Crippen LogP) is 5.02. The van der Waals surface area contributed by atoms with Crippen LogP contribution in [0.3, 0.4) is 0 Å². The third-order valence-electron chi connectivity index (χ3n) is 1.95. The third kappa shape index (κ3) is 5.20. The SMILES string of the molecule is CC(Cl)(Cl)c1ccccc1.c1ccccc1. The van der Waals surface area contributed by atoms with E-state index in [4.69, 9.17) is 23.2 Å². The zero-order valence-electron chi connectivity index (χ0n) is 9.11. The molecule has 0 saturated carbocycles. The van der Waals surface area contributed by atoms with E-state index in [0.29, 0.717) is 0 Å². The maximum atomic E-state index is 5.82. The van der Waals surface area contributed by atoms with E-state index in [1.807, 2.05) is 66.7 Å². The minimum Gasteiger partial charge on any atom is -0.0966 e. The van der Waals surface area contributed by atoms with E-state index in [2.05, 4.69) is 0 Å². The first-order chi connectivity index (χ1) is 7.61. The van der Waals surface area contributed by atoms with E-state index >= 15 is 0 Å². The van der Waals surface area contributed by atoms with Crippen LogP contribution in [0.1, 0.15) is 12.5 Å². The highest BCUT2D eigenvalue weighted by atomic mass is 35.5. The fourth-order valence-corrected chi connectivity index (χ4v) is 1.37. The molecule has 0 bridgehead atoms. The van der Waals surface area contributed by atoms with Gasteiger partial charge in [-0.2, -0.15) is 0 Å². The lowest BCUT2D eigenvalue weighted by molar-refractivity contribution is 0.977. The van der Waals surface area contributed by atoms with Crippen molar-refractivity contribution in [1.29, 1.82) is 0 Å². The summed E-state index contributed by atoms with van der Waals surface area (Å²) in [5, 5.41) is 0. The molecule has 2 rings (SSSR count). The van der Waals surface area contributed by atoms with Crippen molar-refractivity contribution in [3.8, 4) is 0 Å². The molecule has 16 heavy (non-hydrogen) atoms. The van der Waals surface area contributed by atoms with Crippen LogP contribution in [0.2, 0.25) is 0 Å². The Morgan fingerprint density at radius 3 is 1.25 bits per heavy atom. The number of hydrogen-bond donors (Lipinski definition) is 0. The van der Waals surface area contributed by atoms with Gasteiger partial charge in [0.15, 0.2) is 0 Å². The van der Waals surface area contributed by atoms with Crippen molar-refractivity contribution >= 4 is 23.2 Å². The van der Waals surface area contributed by atoms with Gasteiger partial charge in [-0.15, -0.1) is 0 Å². The molecule has 0 N–H and O–H groups in total. The Kier molecular flexibility index (Phi) is 5.37. The Morgan fingerprint density at radius 2 is 1.00 bits per heavy atom. The average molecular weight is 253 g/mol. The molecule has 0 aliphatic rings. The van der Waals surface area contributed by atoms with E-state index in [-0.39, 0.29) is 0 Å². The van der Waals surface area contributed by atoms with Crippen molar-refractivity contribution in [2.75, 3.05) is 0 Å². The Hall–Kier alpha value is -0.980. The number of halogens is 2. The van der Waals surface area contributed by atoms with Crippen LogP contribution in [0.5, 0.6) is 0 Å². The quantitative estimate of drug-likeness (QED) is 0.626. The van der Waals surface area contributed by atoms with Crippen LogP contribution in [0.4, 0.5) is 0 Å². The standard InChI is InChI=1S/C8H8Cl2.C6H6/c1-8(9,10)7-5-3-2-4-6-7;1-2-4-6-5-3-1/h2-6H,1H3;1-6H. The van der Waals surface area contributed by atoms with Crippen LogP contribution in [0, 0.1) is 0 Å². The van der Waals surface area contributed by atoms with Gasteiger partial charge >= 0.3 is 0 Å². The molecule has 0 aliphatic carbocycles. The molecule has 0 radical (unpaired) electrons. The fraction of sp³-hybridized carbons (Fsp3) is 0.143. The number of hydrogen-bond acceptors (Lipinski definition) is 0. The topological polar surface area (TPSA) is 0 Å². The van der Waals surface area contributed by atoms with Crippen molar-refractivity contribution in [3.05, 3.63) is 72.3 Å². The Labute approximate surface area is 107 Å². The number of alkyl halides is 2. The normalized spacial score (nSPS) is 10.2. The zero-order valence-corrected chi connectivity index (χ0v) is 10.6. The lowest BCUT2D eigenvalue weighted by atomic mass is 10.2. The molecule has 2 heteroatoms. The average Bonchev–Trinajstić information content (AvgIpc) is 2.32. The van der Waals surface area contributed by atoms with E-state index in [0.717, 1.165) is 5.56 Å². The minimum atomic E-state index is -0.763. The Bertz CT molecular complexity index is 350. The molecule has 0 atom stereocenters. The summed E-state index contributed by atoms with van der Waals surface area (Å²) in [5.41, 5.74) is 0.929. The van der Waals surface area contributed by atoms with Gasteiger partial charge in [0.2, 0.25) is 0 Å². The Morgan fingerprint density at radius 1 is 0.688 bits per heavy atom. The highest BCUT2D eigenvalue weighted by Gasteiger charge is 2.17. The van der Waals surface area contributed by atoms with Gasteiger partial charge in [-0.3, -0.25) is 0 Å². The summed E-state index contributed by atoms with van der Waals surface area (Å²) in [4.78, 5) is 0. The molecule has 2 aromatic carbocycles. The lowest BCUT2D eigenvalue weighted by Crippen LogP contribution is -2.02. The molecule has 0 nitrogen and oxygen atoms in total. The first-order valence-corrected chi connectivity index (χ1v) is 5.79. The monoisotopic (exact) mass is 252 g/mol. The van der Waals surface area contributed by atoms with Crippen LogP contribution in [-0.4, -0.2) is 0 Å². The van der Waals surface area contributed by atoms with Gasteiger partial charge in [-0.05, 0) is 12.5 Å². The van der Waals surface area contributed by atoms with E-state index in [1.165, 1.54) is 0 Å². The van der Waals surface area contributed by atoms with Crippen molar-refractivity contribution in [3.63, 3.8) is 0 Å². The van der Waals surface area contributed by atoms with Gasteiger partial charge in [0.1, 0.15) is 4.33 Å². The van der Waals surface area contributed by atoms with Gasteiger partial charge in [0, 0.05) is 0 Å². The van der Waals surface area contributed by atoms with Crippen LogP contribution < -0.4 is 0 Å². The van der Waals surface area contributed by atoms with Gasteiger partial charge in [0.25, 0.3) is 0 Å². The number of rotatable bonds is 1. The Balaban J connectivity index is 0.000000181. The summed E-state index contributed by atoms with van der Waals surface area (Å²) < 4.78 is -0.763. The smallest absolute Gasteiger partial charge is 0.0966 e. The maximum Gasteiger partial charge on any atom is 0.140 e. The van der Waals surface area contributed by atoms with E-state index in [1.54, 1.807) is 6.92 Å². The molecule has 0 saturated heterocycles. The molecule has 0 fully saturated rings. The minimum absolute atomic E-state index is 0.763. The first-order valence-electron chi connectivity index (χ1n) is 5.04. The van der Waals surface area contributed by atoms with Crippen LogP contribution >= 0.6 is 23.2 Å². The maximum absolute atomic E-state index is 5.82. The van der Waals surface area contributed by atoms with Gasteiger partial charge in [-0.25, -0.2) is 0 Å². The molecule has 0 aromatic heterocycles. The summed E-state index contributed by atoms with van der Waals surface area (Å²) in [6.07, 6.45) is 0. The largest absolute Gasteiger partial charge is 0.140 e. The van der Waals surface area contributed by atoms with Crippen LogP contribution in [-0.2, 0) is 4.33 Å². The summed E-state index contributed by atoms with van der Waals surface area (Å²) in [7, 11) is 0. The molecule has 0 amide bonds. The molecule has 0 heterocycles. The van der Waals surface area contributed by atoms with Crippen molar-refractivity contribution in [2.24, 2.45) is 0 Å². The molecular weight excluding hydrogens is 239 g/mol. The van der Waals surface area contributed by atoms with Crippen LogP contribution in [0.15, 0.2) is 66.7 Å². The highest BCUT2D eigenvalue weighted by Crippen LogP contribution is 2.32. The molecule has 2 aromatic rings. The second-order valence-corrected chi connectivity index (χ2v) is 5.11. The van der Waals surface area contributed by atoms with Crippen molar-refractivity contribution < 1.29 is 0 Å². The molecule has 0 unspecified atom stereocenters. The summed E-state index contributed by atoms with van der Waals surface area (Å²) in [6, 6.07) is 21.6. The summed E-state index contributed by atoms with van der Waals surface area (Å²) in [5.74, 6) is 0. The van der Waals surface area contributed by atoms with Gasteiger partial charge in [-0.1, -0.05) is 89.9 Å². The molecule has 0 spiro atoms. The number of benzene rings is 2. The zero-order chi connectivity index (χ0) is 11.9. The van der Waals surface area contributed by atoms with Crippen LogP contribution in [0.25, 0.3) is 0 Å². The summed E-state index contributed by atoms with van der Waals surface area (Å²) >= 11 is 11.6. The molecule has 0 aliphatic heterocycles. The van der Waals surface area contributed by atoms with Gasteiger partial charge in [0.05, 0.1) is 0 Å². The second-order valence-electron chi connectivity index (χ2n) is 3.41. The van der Waals surface area contributed by atoms with Gasteiger partial charge < -0.3 is 0 Å². The molecular formula is C14H14Cl2. The fourth-order valence-electron chi connectivity index (χ4n) is 1.12. The first kappa shape index (κ1) is 13.1. The van der Waals surface area contributed by atoms with E-state index in [9.17, 15) is 0 Å². The van der Waals surface area contributed by atoms with E-state index < -0.39 is 4.33 Å². The van der Waals surface area contributed by atoms with Crippen molar-refractivity contribution in [1.82, 2.24) is 0 Å². The highest BCUT2D eigenvalue weighted by molar-refractivity contribution is 6.47.